The Morgan fingerprint density at radius 3 is 2.28 bits per heavy atom. The molecule has 0 atom stereocenters. The number of hydrogen-bond donors (Lipinski definition) is 1. The number of halogens is 1. The highest BCUT2D eigenvalue weighted by molar-refractivity contribution is 5.79. The maximum atomic E-state index is 13.9. The molecule has 2 aliphatic rings. The van der Waals surface area contributed by atoms with Crippen molar-refractivity contribution in [1.29, 1.82) is 0 Å². The van der Waals surface area contributed by atoms with Gasteiger partial charge in [-0.2, -0.15) is 0 Å². The Labute approximate surface area is 147 Å². The summed E-state index contributed by atoms with van der Waals surface area (Å²) in [4.78, 5) is 29.6. The zero-order valence-corrected chi connectivity index (χ0v) is 14.4. The average molecular weight is 348 g/mol. The largest absolute Gasteiger partial charge is 0.369 e. The van der Waals surface area contributed by atoms with Crippen molar-refractivity contribution in [2.45, 2.75) is 12.8 Å². The molecule has 7 heteroatoms. The molecule has 2 saturated heterocycles. The SMILES string of the molecule is NC(=O)CN1CCC(C(=O)N2CCN(c3ccccc3F)CC2)CC1. The van der Waals surface area contributed by atoms with Crippen LogP contribution in [-0.4, -0.2) is 67.4 Å². The molecule has 2 amide bonds. The fourth-order valence-corrected chi connectivity index (χ4v) is 3.69. The summed E-state index contributed by atoms with van der Waals surface area (Å²) in [5.74, 6) is -0.339. The highest BCUT2D eigenvalue weighted by atomic mass is 19.1. The number of hydrogen-bond acceptors (Lipinski definition) is 4. The number of likely N-dealkylation sites (tertiary alicyclic amines) is 1. The van der Waals surface area contributed by atoms with E-state index < -0.39 is 0 Å². The minimum Gasteiger partial charge on any atom is -0.369 e. The van der Waals surface area contributed by atoms with Gasteiger partial charge in [0.25, 0.3) is 0 Å². The van der Waals surface area contributed by atoms with Gasteiger partial charge in [0.05, 0.1) is 12.2 Å². The standard InChI is InChI=1S/C18H25FN4O2/c19-15-3-1-2-4-16(15)22-9-11-23(12-10-22)18(25)14-5-7-21(8-6-14)13-17(20)24/h1-4,14H,5-13H2,(H2,20,24). The molecule has 25 heavy (non-hydrogen) atoms. The zero-order chi connectivity index (χ0) is 17.8. The molecule has 0 bridgehead atoms. The topological polar surface area (TPSA) is 69.9 Å². The predicted molar refractivity (Wildman–Crippen MR) is 93.6 cm³/mol. The van der Waals surface area contributed by atoms with Gasteiger partial charge in [-0.3, -0.25) is 14.5 Å². The van der Waals surface area contributed by atoms with Gasteiger partial charge in [0, 0.05) is 32.1 Å². The second-order valence-corrected chi connectivity index (χ2v) is 6.78. The fraction of sp³-hybridized carbons (Fsp3) is 0.556. The van der Waals surface area contributed by atoms with E-state index in [9.17, 15) is 14.0 Å². The number of nitrogens with zero attached hydrogens (tertiary/aromatic N) is 3. The molecule has 2 N–H and O–H groups in total. The number of rotatable bonds is 4. The van der Waals surface area contributed by atoms with E-state index in [0.717, 1.165) is 25.9 Å². The van der Waals surface area contributed by atoms with Crippen LogP contribution in [0.3, 0.4) is 0 Å². The summed E-state index contributed by atoms with van der Waals surface area (Å²) in [5, 5.41) is 0. The summed E-state index contributed by atoms with van der Waals surface area (Å²) in [7, 11) is 0. The molecule has 3 rings (SSSR count). The molecule has 0 aliphatic carbocycles. The normalized spacial score (nSPS) is 19.9. The molecule has 0 saturated carbocycles. The lowest BCUT2D eigenvalue weighted by Gasteiger charge is -2.39. The van der Waals surface area contributed by atoms with Gasteiger partial charge in [-0.1, -0.05) is 12.1 Å². The molecular formula is C18H25FN4O2. The molecule has 0 spiro atoms. The van der Waals surface area contributed by atoms with Crippen LogP contribution < -0.4 is 10.6 Å². The molecule has 1 aromatic carbocycles. The van der Waals surface area contributed by atoms with Crippen LogP contribution in [0.5, 0.6) is 0 Å². The third kappa shape index (κ3) is 4.28. The monoisotopic (exact) mass is 348 g/mol. The van der Waals surface area contributed by atoms with Gasteiger partial charge in [-0.25, -0.2) is 4.39 Å². The Hall–Kier alpha value is -2.15. The van der Waals surface area contributed by atoms with E-state index in [1.807, 2.05) is 20.8 Å². The van der Waals surface area contributed by atoms with Crippen molar-refractivity contribution in [2.24, 2.45) is 11.7 Å². The van der Waals surface area contributed by atoms with E-state index in [1.165, 1.54) is 6.07 Å². The number of carbonyl (C=O) groups excluding carboxylic acids is 2. The van der Waals surface area contributed by atoms with Crippen molar-refractivity contribution in [3.63, 3.8) is 0 Å². The lowest BCUT2D eigenvalue weighted by Crippen LogP contribution is -2.52. The van der Waals surface area contributed by atoms with Crippen molar-refractivity contribution in [3.8, 4) is 0 Å². The lowest BCUT2D eigenvalue weighted by molar-refractivity contribution is -0.137. The van der Waals surface area contributed by atoms with E-state index in [-0.39, 0.29) is 30.1 Å². The van der Waals surface area contributed by atoms with Crippen molar-refractivity contribution in [2.75, 3.05) is 50.7 Å². The van der Waals surface area contributed by atoms with E-state index in [0.29, 0.717) is 31.9 Å². The van der Waals surface area contributed by atoms with Crippen molar-refractivity contribution >= 4 is 17.5 Å². The van der Waals surface area contributed by atoms with Crippen LogP contribution in [0.2, 0.25) is 0 Å². The van der Waals surface area contributed by atoms with Gasteiger partial charge >= 0.3 is 0 Å². The van der Waals surface area contributed by atoms with E-state index in [4.69, 9.17) is 5.73 Å². The van der Waals surface area contributed by atoms with Crippen LogP contribution in [0.15, 0.2) is 24.3 Å². The van der Waals surface area contributed by atoms with Crippen molar-refractivity contribution in [3.05, 3.63) is 30.1 Å². The number of amides is 2. The van der Waals surface area contributed by atoms with Gasteiger partial charge in [0.2, 0.25) is 11.8 Å². The Morgan fingerprint density at radius 2 is 1.68 bits per heavy atom. The first-order chi connectivity index (χ1) is 12.0. The van der Waals surface area contributed by atoms with Gasteiger partial charge < -0.3 is 15.5 Å². The molecule has 0 aromatic heterocycles. The minimum absolute atomic E-state index is 0.0177. The number of benzene rings is 1. The molecule has 2 fully saturated rings. The smallest absolute Gasteiger partial charge is 0.231 e. The third-order valence-electron chi connectivity index (χ3n) is 5.10. The number of carbonyl (C=O) groups is 2. The Morgan fingerprint density at radius 1 is 1.04 bits per heavy atom. The number of piperazine rings is 1. The highest BCUT2D eigenvalue weighted by Crippen LogP contribution is 2.23. The summed E-state index contributed by atoms with van der Waals surface area (Å²) in [6.45, 7) is 4.26. The summed E-state index contributed by atoms with van der Waals surface area (Å²) >= 11 is 0. The maximum absolute atomic E-state index is 13.9. The summed E-state index contributed by atoms with van der Waals surface area (Å²) in [6, 6.07) is 6.76. The average Bonchev–Trinajstić information content (AvgIpc) is 2.62. The second kappa shape index (κ2) is 7.82. The first-order valence-corrected chi connectivity index (χ1v) is 8.83. The third-order valence-corrected chi connectivity index (χ3v) is 5.10. The molecule has 0 unspecified atom stereocenters. The van der Waals surface area contributed by atoms with Gasteiger partial charge in [-0.05, 0) is 38.1 Å². The molecule has 1 aromatic rings. The lowest BCUT2D eigenvalue weighted by atomic mass is 9.95. The fourth-order valence-electron chi connectivity index (χ4n) is 3.69. The van der Waals surface area contributed by atoms with Crippen LogP contribution in [0.4, 0.5) is 10.1 Å². The highest BCUT2D eigenvalue weighted by Gasteiger charge is 2.31. The van der Waals surface area contributed by atoms with Crippen LogP contribution in [0, 0.1) is 11.7 Å². The quantitative estimate of drug-likeness (QED) is 0.868. The summed E-state index contributed by atoms with van der Waals surface area (Å²) < 4.78 is 13.9. The second-order valence-electron chi connectivity index (χ2n) is 6.78. The van der Waals surface area contributed by atoms with Gasteiger partial charge in [0.15, 0.2) is 0 Å². The zero-order valence-electron chi connectivity index (χ0n) is 14.4. The Kier molecular flexibility index (Phi) is 5.53. The number of nitrogens with two attached hydrogens (primary N) is 1. The van der Waals surface area contributed by atoms with Crippen LogP contribution in [-0.2, 0) is 9.59 Å². The first kappa shape index (κ1) is 17.7. The Balaban J connectivity index is 1.49. The Bertz CT molecular complexity index is 623. The molecule has 2 heterocycles. The maximum Gasteiger partial charge on any atom is 0.231 e. The van der Waals surface area contributed by atoms with E-state index >= 15 is 0 Å². The molecule has 2 aliphatic heterocycles. The van der Waals surface area contributed by atoms with Gasteiger partial charge in [0.1, 0.15) is 5.82 Å². The number of anilines is 1. The summed E-state index contributed by atoms with van der Waals surface area (Å²) in [5.41, 5.74) is 5.83. The number of primary amides is 1. The predicted octanol–water partition coefficient (Wildman–Crippen LogP) is 0.672. The van der Waals surface area contributed by atoms with E-state index in [2.05, 4.69) is 0 Å². The van der Waals surface area contributed by atoms with Gasteiger partial charge in [-0.15, -0.1) is 0 Å². The molecule has 0 radical (unpaired) electrons. The van der Waals surface area contributed by atoms with Crippen molar-refractivity contribution < 1.29 is 14.0 Å². The first-order valence-electron chi connectivity index (χ1n) is 8.83. The van der Waals surface area contributed by atoms with Crippen LogP contribution >= 0.6 is 0 Å². The molecular weight excluding hydrogens is 323 g/mol. The van der Waals surface area contributed by atoms with Crippen LogP contribution in [0.25, 0.3) is 0 Å². The molecule has 136 valence electrons. The molecule has 6 nitrogen and oxygen atoms in total. The van der Waals surface area contributed by atoms with Crippen molar-refractivity contribution in [1.82, 2.24) is 9.80 Å². The van der Waals surface area contributed by atoms with Crippen LogP contribution in [0.1, 0.15) is 12.8 Å². The van der Waals surface area contributed by atoms with E-state index in [1.54, 1.807) is 12.1 Å². The number of piperidine rings is 1. The summed E-state index contributed by atoms with van der Waals surface area (Å²) in [6.07, 6.45) is 1.53. The minimum atomic E-state index is -0.325. The number of para-hydroxylation sites is 1.